The van der Waals surface area contributed by atoms with Gasteiger partial charge in [-0.05, 0) is 90.3 Å². The van der Waals surface area contributed by atoms with Crippen LogP contribution in [0.5, 0.6) is 11.5 Å². The maximum atomic E-state index is 14.1. The van der Waals surface area contributed by atoms with Crippen molar-refractivity contribution in [2.24, 2.45) is 0 Å². The number of carbonyl (C=O) groups excluding carboxylic acids is 3. The number of nitrogens with one attached hydrogen (secondary N) is 2. The number of carbonyl (C=O) groups is 3. The molecule has 4 rings (SSSR count). The highest BCUT2D eigenvalue weighted by Gasteiger charge is 2.32. The summed E-state index contributed by atoms with van der Waals surface area (Å²) in [6.07, 6.45) is -0.931. The van der Waals surface area contributed by atoms with Crippen LogP contribution in [0.1, 0.15) is 11.1 Å². The Hall–Kier alpha value is -5.48. The Kier molecular flexibility index (Phi) is 13.0. The van der Waals surface area contributed by atoms with Gasteiger partial charge in [0.1, 0.15) is 52.6 Å². The third-order valence-corrected chi connectivity index (χ3v) is 9.17. The van der Waals surface area contributed by atoms with E-state index in [-0.39, 0.29) is 11.1 Å². The summed E-state index contributed by atoms with van der Waals surface area (Å²) >= 11 is 0. The lowest BCUT2D eigenvalue weighted by Crippen LogP contribution is -2.53. The number of methoxy groups -OCH3 is 2. The largest absolute Gasteiger partial charge is 0.497 e. The monoisotopic (exact) mass is 744 g/mol. The van der Waals surface area contributed by atoms with Gasteiger partial charge in [0.2, 0.25) is 27.7 Å². The van der Waals surface area contributed by atoms with Crippen LogP contribution in [0, 0.1) is 23.3 Å². The minimum absolute atomic E-state index is 0.00480. The van der Waals surface area contributed by atoms with Gasteiger partial charge in [0.05, 0.1) is 14.2 Å². The van der Waals surface area contributed by atoms with Crippen molar-refractivity contribution in [2.45, 2.75) is 24.9 Å². The van der Waals surface area contributed by atoms with Crippen molar-refractivity contribution in [3.8, 4) is 11.5 Å². The average Bonchev–Trinajstić information content (AvgIpc) is 3.08. The van der Waals surface area contributed by atoms with Crippen molar-refractivity contribution in [2.75, 3.05) is 43.9 Å². The van der Waals surface area contributed by atoms with E-state index in [1.807, 2.05) is 0 Å². The average molecular weight is 745 g/mol. The summed E-state index contributed by atoms with van der Waals surface area (Å²) in [6, 6.07) is 14.3. The van der Waals surface area contributed by atoms with E-state index in [1.165, 1.54) is 40.4 Å². The SMILES string of the molecule is COc1ccc(N(C)C(=O)C(Cc2cc(F)cc(F)c2)NC(=O)CS(=O)(=O)N[C@@H](Cc2cc(F)cc(F)c2)C(=O)N(C)c2ccc(OC)cc2)cc1. The van der Waals surface area contributed by atoms with Crippen LogP contribution in [0.3, 0.4) is 0 Å². The Balaban J connectivity index is 1.58. The van der Waals surface area contributed by atoms with Gasteiger partial charge < -0.3 is 24.6 Å². The third-order valence-electron chi connectivity index (χ3n) is 7.88. The van der Waals surface area contributed by atoms with Gasteiger partial charge in [-0.3, -0.25) is 14.4 Å². The van der Waals surface area contributed by atoms with Gasteiger partial charge in [0.15, 0.2) is 0 Å². The molecule has 52 heavy (non-hydrogen) atoms. The number of ether oxygens (including phenoxy) is 2. The van der Waals surface area contributed by atoms with E-state index in [4.69, 9.17) is 9.47 Å². The number of sulfonamides is 1. The minimum Gasteiger partial charge on any atom is -0.497 e. The van der Waals surface area contributed by atoms with Crippen LogP contribution in [0.2, 0.25) is 0 Å². The number of anilines is 2. The van der Waals surface area contributed by atoms with Crippen LogP contribution in [0.4, 0.5) is 28.9 Å². The second-order valence-electron chi connectivity index (χ2n) is 11.7. The minimum atomic E-state index is -4.71. The van der Waals surface area contributed by atoms with Crippen LogP contribution < -0.4 is 29.3 Å². The molecule has 3 amide bonds. The molecule has 4 aromatic rings. The van der Waals surface area contributed by atoms with E-state index in [9.17, 15) is 40.4 Å². The summed E-state index contributed by atoms with van der Waals surface area (Å²) in [5.74, 6) is -6.88. The number of rotatable bonds is 15. The zero-order chi connectivity index (χ0) is 38.2. The van der Waals surface area contributed by atoms with E-state index < -0.39 is 81.7 Å². The topological polar surface area (TPSA) is 134 Å². The molecule has 4 aromatic carbocycles. The van der Waals surface area contributed by atoms with E-state index >= 15 is 0 Å². The van der Waals surface area contributed by atoms with Crippen molar-refractivity contribution in [3.63, 3.8) is 0 Å². The molecule has 11 nitrogen and oxygen atoms in total. The van der Waals surface area contributed by atoms with Gasteiger partial charge in [0.25, 0.3) is 0 Å². The Morgan fingerprint density at radius 3 is 1.38 bits per heavy atom. The number of hydrogen-bond acceptors (Lipinski definition) is 7. The standard InChI is InChI=1S/C36H36F4N4O7S/c1-43(28-5-9-30(50-3)10-6-28)35(46)32(17-22-13-24(37)19-25(38)14-22)41-34(45)21-52(48,49)42-33(18-23-15-26(39)20-27(40)16-23)36(47)44(2)29-7-11-31(51-4)12-8-29/h5-16,19-20,32-33,42H,17-18,21H2,1-4H3,(H,41,45)/t32?,33-/m0/s1. The van der Waals surface area contributed by atoms with E-state index in [2.05, 4.69) is 10.0 Å². The van der Waals surface area contributed by atoms with Gasteiger partial charge in [-0.2, -0.15) is 0 Å². The van der Waals surface area contributed by atoms with Crippen molar-refractivity contribution in [1.82, 2.24) is 10.0 Å². The van der Waals surface area contributed by atoms with Crippen molar-refractivity contribution >= 4 is 39.1 Å². The molecule has 0 bridgehead atoms. The number of benzene rings is 4. The Bertz CT molecular complexity index is 1980. The molecule has 0 aliphatic rings. The highest BCUT2D eigenvalue weighted by Crippen LogP contribution is 2.22. The van der Waals surface area contributed by atoms with E-state index in [0.29, 0.717) is 35.0 Å². The predicted molar refractivity (Wildman–Crippen MR) is 186 cm³/mol. The molecular weight excluding hydrogens is 708 g/mol. The van der Waals surface area contributed by atoms with E-state index in [1.54, 1.807) is 36.4 Å². The predicted octanol–water partition coefficient (Wildman–Crippen LogP) is 4.14. The summed E-state index contributed by atoms with van der Waals surface area (Å²) < 4.78 is 95.5. The molecule has 16 heteroatoms. The van der Waals surface area contributed by atoms with Crippen LogP contribution >= 0.6 is 0 Å². The Labute approximate surface area is 298 Å². The molecule has 0 fully saturated rings. The summed E-state index contributed by atoms with van der Waals surface area (Å²) in [5.41, 5.74) is 0.630. The van der Waals surface area contributed by atoms with Crippen LogP contribution in [-0.4, -0.2) is 72.3 Å². The molecule has 0 saturated heterocycles. The second kappa shape index (κ2) is 17.2. The maximum absolute atomic E-state index is 14.1. The first-order valence-corrected chi connectivity index (χ1v) is 17.2. The molecule has 0 aliphatic carbocycles. The molecule has 0 heterocycles. The highest BCUT2D eigenvalue weighted by molar-refractivity contribution is 7.90. The van der Waals surface area contributed by atoms with Crippen molar-refractivity contribution in [1.29, 1.82) is 0 Å². The molecule has 0 aliphatic heterocycles. The first-order valence-electron chi connectivity index (χ1n) is 15.6. The van der Waals surface area contributed by atoms with Gasteiger partial charge >= 0.3 is 0 Å². The number of likely N-dealkylation sites (N-methyl/N-ethyl adjacent to an activating group) is 2. The summed E-state index contributed by atoms with van der Waals surface area (Å²) in [7, 11) is 0.938. The molecular formula is C36H36F4N4O7S. The lowest BCUT2D eigenvalue weighted by Gasteiger charge is -2.26. The smallest absolute Gasteiger partial charge is 0.249 e. The van der Waals surface area contributed by atoms with Gasteiger partial charge in [-0.1, -0.05) is 0 Å². The first kappa shape index (κ1) is 39.3. The fourth-order valence-corrected chi connectivity index (χ4v) is 6.44. The summed E-state index contributed by atoms with van der Waals surface area (Å²) in [4.78, 5) is 42.9. The number of nitrogens with zero attached hydrogens (tertiary/aromatic N) is 2. The van der Waals surface area contributed by atoms with E-state index in [0.717, 1.165) is 34.1 Å². The molecule has 0 radical (unpaired) electrons. The summed E-state index contributed by atoms with van der Waals surface area (Å²) in [5, 5.41) is 2.33. The maximum Gasteiger partial charge on any atom is 0.249 e. The Morgan fingerprint density at radius 1 is 0.635 bits per heavy atom. The van der Waals surface area contributed by atoms with Gasteiger partial charge in [-0.15, -0.1) is 0 Å². The van der Waals surface area contributed by atoms with Crippen LogP contribution in [0.15, 0.2) is 84.9 Å². The second-order valence-corrected chi connectivity index (χ2v) is 13.5. The molecule has 2 atom stereocenters. The van der Waals surface area contributed by atoms with Crippen molar-refractivity contribution < 1.29 is 49.8 Å². The lowest BCUT2D eigenvalue weighted by molar-refractivity contribution is -0.126. The molecule has 0 saturated carbocycles. The quantitative estimate of drug-likeness (QED) is 0.175. The fourth-order valence-electron chi connectivity index (χ4n) is 5.31. The molecule has 0 aromatic heterocycles. The molecule has 1 unspecified atom stereocenters. The third kappa shape index (κ3) is 10.8. The van der Waals surface area contributed by atoms with Crippen LogP contribution in [-0.2, 0) is 37.2 Å². The van der Waals surface area contributed by atoms with Crippen LogP contribution in [0.25, 0.3) is 0 Å². The zero-order valence-electron chi connectivity index (χ0n) is 28.5. The number of amides is 3. The van der Waals surface area contributed by atoms with Crippen molar-refractivity contribution in [3.05, 3.63) is 119 Å². The Morgan fingerprint density at radius 2 is 1.00 bits per heavy atom. The number of hydrogen-bond donors (Lipinski definition) is 2. The zero-order valence-corrected chi connectivity index (χ0v) is 29.3. The molecule has 2 N–H and O–H groups in total. The van der Waals surface area contributed by atoms with Gasteiger partial charge in [0, 0.05) is 44.0 Å². The highest BCUT2D eigenvalue weighted by atomic mass is 32.2. The summed E-state index contributed by atoms with van der Waals surface area (Å²) in [6.45, 7) is 0. The fraction of sp³-hybridized carbons (Fsp3) is 0.250. The normalized spacial score (nSPS) is 12.4. The lowest BCUT2D eigenvalue weighted by atomic mass is 10.0. The molecule has 276 valence electrons. The number of halogens is 4. The van der Waals surface area contributed by atoms with Gasteiger partial charge in [-0.25, -0.2) is 30.7 Å². The molecule has 0 spiro atoms. The first-order chi connectivity index (χ1) is 24.6.